The summed E-state index contributed by atoms with van der Waals surface area (Å²) < 4.78 is 24.9. The minimum atomic E-state index is -3.34. The predicted molar refractivity (Wildman–Crippen MR) is 78.0 cm³/mol. The van der Waals surface area contributed by atoms with Gasteiger partial charge in [-0.3, -0.25) is 4.79 Å². The van der Waals surface area contributed by atoms with Crippen LogP contribution in [0.15, 0.2) is 47.9 Å². The van der Waals surface area contributed by atoms with Crippen LogP contribution in [-0.2, 0) is 14.6 Å². The molecule has 1 atom stereocenters. The molecular formula is C15H19NO3S. The first-order valence-electron chi connectivity index (χ1n) is 6.73. The lowest BCUT2D eigenvalue weighted by Gasteiger charge is -2.16. The maximum absolute atomic E-state index is 12.5. The Morgan fingerprint density at radius 1 is 1.35 bits per heavy atom. The second-order valence-electron chi connectivity index (χ2n) is 4.94. The van der Waals surface area contributed by atoms with E-state index in [0.717, 1.165) is 0 Å². The fourth-order valence-electron chi connectivity index (χ4n) is 2.39. The highest BCUT2D eigenvalue weighted by atomic mass is 32.2. The molecule has 0 aromatic heterocycles. The Bertz CT molecular complexity index is 580. The minimum Gasteiger partial charge on any atom is -0.341 e. The molecule has 20 heavy (non-hydrogen) atoms. The summed E-state index contributed by atoms with van der Waals surface area (Å²) in [5, 5.41) is -0.488. The monoisotopic (exact) mass is 293 g/mol. The molecule has 1 aliphatic heterocycles. The fraction of sp³-hybridized carbons (Fsp3) is 0.400. The number of sulfone groups is 1. The zero-order valence-electron chi connectivity index (χ0n) is 11.4. The van der Waals surface area contributed by atoms with Gasteiger partial charge in [-0.15, -0.1) is 6.58 Å². The summed E-state index contributed by atoms with van der Waals surface area (Å²) in [4.78, 5) is 13.9. The number of rotatable bonds is 5. The molecule has 4 nitrogen and oxygen atoms in total. The number of hydrogen-bond donors (Lipinski definition) is 0. The van der Waals surface area contributed by atoms with Crippen LogP contribution in [0.25, 0.3) is 0 Å². The largest absolute Gasteiger partial charge is 0.341 e. The van der Waals surface area contributed by atoms with Crippen molar-refractivity contribution in [2.45, 2.75) is 29.4 Å². The molecule has 5 heteroatoms. The second-order valence-corrected chi connectivity index (χ2v) is 7.16. The smallest absolute Gasteiger partial charge is 0.222 e. The molecule has 0 N–H and O–H groups in total. The van der Waals surface area contributed by atoms with Crippen LogP contribution in [0, 0.1) is 0 Å². The first-order chi connectivity index (χ1) is 9.55. The number of carbonyl (C=O) groups is 1. The van der Waals surface area contributed by atoms with Crippen LogP contribution in [0.3, 0.4) is 0 Å². The first-order valence-corrected chi connectivity index (χ1v) is 8.28. The molecule has 0 aliphatic carbocycles. The molecule has 0 bridgehead atoms. The van der Waals surface area contributed by atoms with Gasteiger partial charge < -0.3 is 4.90 Å². The van der Waals surface area contributed by atoms with Crippen molar-refractivity contribution in [2.24, 2.45) is 0 Å². The molecule has 2 rings (SSSR count). The summed E-state index contributed by atoms with van der Waals surface area (Å²) in [6, 6.07) is 8.44. The molecule has 1 aliphatic rings. The molecule has 1 fully saturated rings. The lowest BCUT2D eigenvalue weighted by molar-refractivity contribution is -0.130. The predicted octanol–water partition coefficient (Wildman–Crippen LogP) is 2.03. The molecule has 1 aromatic rings. The van der Waals surface area contributed by atoms with Crippen LogP contribution in [0.1, 0.15) is 19.3 Å². The number of likely N-dealkylation sites (tertiary alicyclic amines) is 1. The van der Waals surface area contributed by atoms with Gasteiger partial charge in [-0.25, -0.2) is 8.42 Å². The Kier molecular flexibility index (Phi) is 4.60. The van der Waals surface area contributed by atoms with Gasteiger partial charge in [0, 0.05) is 19.5 Å². The van der Waals surface area contributed by atoms with E-state index in [2.05, 4.69) is 6.58 Å². The highest BCUT2D eigenvalue weighted by Crippen LogP contribution is 2.24. The number of benzene rings is 1. The molecule has 108 valence electrons. The van der Waals surface area contributed by atoms with E-state index in [1.165, 1.54) is 0 Å². The Morgan fingerprint density at radius 3 is 2.70 bits per heavy atom. The van der Waals surface area contributed by atoms with Gasteiger partial charge in [0.05, 0.1) is 10.1 Å². The summed E-state index contributed by atoms with van der Waals surface area (Å²) in [6.07, 6.45) is 3.25. The second kappa shape index (κ2) is 6.22. The third-order valence-electron chi connectivity index (χ3n) is 3.57. The molecule has 0 radical (unpaired) electrons. The number of nitrogens with zero attached hydrogens (tertiary/aromatic N) is 1. The van der Waals surface area contributed by atoms with E-state index < -0.39 is 15.1 Å². The lowest BCUT2D eigenvalue weighted by atomic mass is 10.3. The number of amides is 1. The van der Waals surface area contributed by atoms with Crippen molar-refractivity contribution in [3.63, 3.8) is 0 Å². The molecule has 1 aromatic carbocycles. The van der Waals surface area contributed by atoms with Crippen LogP contribution < -0.4 is 0 Å². The van der Waals surface area contributed by atoms with Gasteiger partial charge in [0.1, 0.15) is 0 Å². The van der Waals surface area contributed by atoms with Gasteiger partial charge in [0.25, 0.3) is 0 Å². The normalized spacial score (nSPS) is 19.0. The average Bonchev–Trinajstić information content (AvgIpc) is 2.96. The third-order valence-corrected chi connectivity index (χ3v) is 5.76. The van der Waals surface area contributed by atoms with Crippen molar-refractivity contribution in [3.8, 4) is 0 Å². The maximum Gasteiger partial charge on any atom is 0.222 e. The van der Waals surface area contributed by atoms with Gasteiger partial charge in [-0.05, 0) is 25.0 Å². The zero-order chi connectivity index (χ0) is 14.6. The summed E-state index contributed by atoms with van der Waals surface area (Å²) in [7, 11) is -3.34. The van der Waals surface area contributed by atoms with Crippen molar-refractivity contribution >= 4 is 15.7 Å². The van der Waals surface area contributed by atoms with E-state index in [1.807, 2.05) is 0 Å². The summed E-state index contributed by atoms with van der Waals surface area (Å²) >= 11 is 0. The number of allylic oxidation sites excluding steroid dienone is 1. The van der Waals surface area contributed by atoms with E-state index in [1.54, 1.807) is 41.3 Å². The van der Waals surface area contributed by atoms with Crippen LogP contribution in [-0.4, -0.2) is 37.6 Å². The standard InChI is InChI=1S/C15H19NO3S/c1-2-3-9-15(17)16-11-10-14(12-16)20(18,19)13-7-5-4-6-8-13/h2,4-8,14H,1,3,9-12H2/t14-/m1/s1. The van der Waals surface area contributed by atoms with Crippen LogP contribution >= 0.6 is 0 Å². The quantitative estimate of drug-likeness (QED) is 0.781. The Hall–Kier alpha value is -1.62. The van der Waals surface area contributed by atoms with Crippen LogP contribution in [0.2, 0.25) is 0 Å². The first kappa shape index (κ1) is 14.8. The molecule has 1 amide bonds. The topological polar surface area (TPSA) is 54.5 Å². The van der Waals surface area contributed by atoms with Crippen molar-refractivity contribution < 1.29 is 13.2 Å². The van der Waals surface area contributed by atoms with E-state index >= 15 is 0 Å². The van der Waals surface area contributed by atoms with Gasteiger partial charge in [-0.1, -0.05) is 24.3 Å². The number of hydrogen-bond acceptors (Lipinski definition) is 3. The summed E-state index contributed by atoms with van der Waals surface area (Å²) in [6.45, 7) is 4.41. The lowest BCUT2D eigenvalue weighted by Crippen LogP contribution is -2.31. The third kappa shape index (κ3) is 3.10. The molecule has 0 saturated carbocycles. The van der Waals surface area contributed by atoms with E-state index in [4.69, 9.17) is 0 Å². The molecular weight excluding hydrogens is 274 g/mol. The highest BCUT2D eigenvalue weighted by Gasteiger charge is 2.35. The summed E-state index contributed by atoms with van der Waals surface area (Å²) in [5.41, 5.74) is 0. The van der Waals surface area contributed by atoms with Crippen molar-refractivity contribution in [2.75, 3.05) is 13.1 Å². The van der Waals surface area contributed by atoms with E-state index in [9.17, 15) is 13.2 Å². The van der Waals surface area contributed by atoms with Crippen LogP contribution in [0.5, 0.6) is 0 Å². The Morgan fingerprint density at radius 2 is 2.05 bits per heavy atom. The highest BCUT2D eigenvalue weighted by molar-refractivity contribution is 7.92. The zero-order valence-corrected chi connectivity index (χ0v) is 12.2. The van der Waals surface area contributed by atoms with Gasteiger partial charge in [-0.2, -0.15) is 0 Å². The van der Waals surface area contributed by atoms with Gasteiger partial charge >= 0.3 is 0 Å². The van der Waals surface area contributed by atoms with Crippen molar-refractivity contribution in [1.29, 1.82) is 0 Å². The molecule has 1 saturated heterocycles. The fourth-order valence-corrected chi connectivity index (χ4v) is 4.11. The number of carbonyl (C=O) groups excluding carboxylic acids is 1. The molecule has 1 heterocycles. The van der Waals surface area contributed by atoms with Crippen molar-refractivity contribution in [3.05, 3.63) is 43.0 Å². The molecule has 0 unspecified atom stereocenters. The van der Waals surface area contributed by atoms with Crippen molar-refractivity contribution in [1.82, 2.24) is 4.90 Å². The van der Waals surface area contributed by atoms with E-state index in [-0.39, 0.29) is 5.91 Å². The minimum absolute atomic E-state index is 0.00987. The van der Waals surface area contributed by atoms with E-state index in [0.29, 0.717) is 37.2 Å². The average molecular weight is 293 g/mol. The SMILES string of the molecule is C=CCCC(=O)N1CC[C@@H](S(=O)(=O)c2ccccc2)C1. The maximum atomic E-state index is 12.5. The van der Waals surface area contributed by atoms with Gasteiger partial charge in [0.2, 0.25) is 5.91 Å². The Balaban J connectivity index is 2.06. The van der Waals surface area contributed by atoms with Crippen LogP contribution in [0.4, 0.5) is 0 Å². The van der Waals surface area contributed by atoms with Gasteiger partial charge in [0.15, 0.2) is 9.84 Å². The summed E-state index contributed by atoms with van der Waals surface area (Å²) in [5.74, 6) is 0.00987. The Labute approximate surface area is 120 Å². The molecule has 0 spiro atoms.